The number of carbonyl (C=O) groups is 2. The molecule has 2 heterocycles. The van der Waals surface area contributed by atoms with E-state index in [1.165, 1.54) is 11.3 Å². The summed E-state index contributed by atoms with van der Waals surface area (Å²) in [6.45, 7) is 7.83. The number of rotatable bonds is 5. The highest BCUT2D eigenvalue weighted by Gasteiger charge is 2.26. The van der Waals surface area contributed by atoms with Crippen molar-refractivity contribution in [3.05, 3.63) is 64.7 Å². The van der Waals surface area contributed by atoms with Crippen LogP contribution in [0.5, 0.6) is 5.75 Å². The van der Waals surface area contributed by atoms with E-state index in [0.29, 0.717) is 28.8 Å². The number of hydrogen-bond acceptors (Lipinski definition) is 5. The largest absolute Gasteiger partial charge is 0.497 e. The van der Waals surface area contributed by atoms with Gasteiger partial charge in [-0.2, -0.15) is 0 Å². The molecule has 0 saturated carbocycles. The smallest absolute Gasteiger partial charge is 0.275 e. The number of hydrogen-bond donors (Lipinski definition) is 1. The summed E-state index contributed by atoms with van der Waals surface area (Å²) in [4.78, 5) is 32.4. The highest BCUT2D eigenvalue weighted by molar-refractivity contribution is 7.13. The minimum atomic E-state index is -0.293. The SMILES string of the molecule is COc1ccc(-c2nc(C(=O)Nc3cc(C(=O)N4CC(C)CC(C)C4)ccc3C)cs2)cc1. The average molecular weight is 464 g/mol. The molecule has 0 aliphatic carbocycles. The van der Waals surface area contributed by atoms with E-state index < -0.39 is 0 Å². The molecule has 0 radical (unpaired) electrons. The maximum atomic E-state index is 13.1. The van der Waals surface area contributed by atoms with Crippen LogP contribution >= 0.6 is 11.3 Å². The molecular formula is C26H29N3O3S. The third-order valence-corrected chi connectivity index (χ3v) is 6.85. The number of aromatic nitrogens is 1. The lowest BCUT2D eigenvalue weighted by Gasteiger charge is -2.35. The maximum absolute atomic E-state index is 13.1. The second kappa shape index (κ2) is 9.75. The Bertz CT molecular complexity index is 1150. The lowest BCUT2D eigenvalue weighted by Crippen LogP contribution is -2.42. The molecule has 3 aromatic rings. The Kier molecular flexibility index (Phi) is 6.79. The van der Waals surface area contributed by atoms with Gasteiger partial charge in [0.05, 0.1) is 7.11 Å². The summed E-state index contributed by atoms with van der Waals surface area (Å²) in [6.07, 6.45) is 1.14. The molecule has 6 nitrogen and oxygen atoms in total. The number of thiazole rings is 1. The molecular weight excluding hydrogens is 434 g/mol. The molecule has 2 amide bonds. The van der Waals surface area contributed by atoms with E-state index in [-0.39, 0.29) is 11.8 Å². The third-order valence-electron chi connectivity index (χ3n) is 5.96. The molecule has 1 N–H and O–H groups in total. The third kappa shape index (κ3) is 5.25. The minimum absolute atomic E-state index is 0.0133. The fourth-order valence-corrected chi connectivity index (χ4v) is 5.14. The minimum Gasteiger partial charge on any atom is -0.497 e. The molecule has 2 atom stereocenters. The zero-order valence-electron chi connectivity index (χ0n) is 19.4. The normalized spacial score (nSPS) is 18.1. The van der Waals surface area contributed by atoms with E-state index in [9.17, 15) is 9.59 Å². The molecule has 4 rings (SSSR count). The second-order valence-electron chi connectivity index (χ2n) is 8.91. The van der Waals surface area contributed by atoms with E-state index in [4.69, 9.17) is 4.74 Å². The van der Waals surface area contributed by atoms with Gasteiger partial charge in [-0.1, -0.05) is 19.9 Å². The molecule has 2 aromatic carbocycles. The molecule has 1 aromatic heterocycles. The number of nitrogens with zero attached hydrogens (tertiary/aromatic N) is 2. The quantitative estimate of drug-likeness (QED) is 0.543. The van der Waals surface area contributed by atoms with Crippen molar-refractivity contribution < 1.29 is 14.3 Å². The Balaban J connectivity index is 1.49. The molecule has 33 heavy (non-hydrogen) atoms. The first-order chi connectivity index (χ1) is 15.8. The maximum Gasteiger partial charge on any atom is 0.275 e. The number of methoxy groups -OCH3 is 1. The summed E-state index contributed by atoms with van der Waals surface area (Å²) < 4.78 is 5.19. The first-order valence-electron chi connectivity index (χ1n) is 11.1. The molecule has 0 spiro atoms. The molecule has 172 valence electrons. The Labute approximate surface area is 198 Å². The Morgan fingerprint density at radius 3 is 2.45 bits per heavy atom. The number of carbonyl (C=O) groups excluding carboxylic acids is 2. The Morgan fingerprint density at radius 1 is 1.09 bits per heavy atom. The number of aryl methyl sites for hydroxylation is 1. The van der Waals surface area contributed by atoms with E-state index in [1.807, 2.05) is 48.2 Å². The van der Waals surface area contributed by atoms with Crippen molar-refractivity contribution in [2.45, 2.75) is 27.2 Å². The van der Waals surface area contributed by atoms with Gasteiger partial charge in [-0.25, -0.2) is 4.98 Å². The van der Waals surface area contributed by atoms with Crippen LogP contribution < -0.4 is 10.1 Å². The van der Waals surface area contributed by atoms with Crippen LogP contribution in [0.4, 0.5) is 5.69 Å². The molecule has 1 aliphatic heterocycles. The predicted molar refractivity (Wildman–Crippen MR) is 132 cm³/mol. The van der Waals surface area contributed by atoms with Crippen LogP contribution in [0.1, 0.15) is 46.7 Å². The van der Waals surface area contributed by atoms with Crippen LogP contribution in [0.3, 0.4) is 0 Å². The predicted octanol–water partition coefficient (Wildman–Crippen LogP) is 5.50. The van der Waals surface area contributed by atoms with E-state index in [0.717, 1.165) is 41.4 Å². The zero-order valence-corrected chi connectivity index (χ0v) is 20.2. The lowest BCUT2D eigenvalue weighted by atomic mass is 9.91. The molecule has 1 aliphatic rings. The van der Waals surface area contributed by atoms with E-state index >= 15 is 0 Å². The average Bonchev–Trinajstić information content (AvgIpc) is 3.30. The topological polar surface area (TPSA) is 71.5 Å². The van der Waals surface area contributed by atoms with Crippen LogP contribution in [0.25, 0.3) is 10.6 Å². The lowest BCUT2D eigenvalue weighted by molar-refractivity contribution is 0.0623. The van der Waals surface area contributed by atoms with Gasteiger partial charge < -0.3 is 15.0 Å². The van der Waals surface area contributed by atoms with Crippen LogP contribution in [0.15, 0.2) is 47.8 Å². The number of amides is 2. The highest BCUT2D eigenvalue weighted by Crippen LogP contribution is 2.27. The number of anilines is 1. The summed E-state index contributed by atoms with van der Waals surface area (Å²) in [5, 5.41) is 5.45. The van der Waals surface area contributed by atoms with Gasteiger partial charge in [0.25, 0.3) is 11.8 Å². The summed E-state index contributed by atoms with van der Waals surface area (Å²) in [6, 6.07) is 13.1. The van der Waals surface area contributed by atoms with Gasteiger partial charge in [0, 0.05) is 35.3 Å². The zero-order chi connectivity index (χ0) is 23.5. The summed E-state index contributed by atoms with van der Waals surface area (Å²) in [5.41, 5.74) is 3.39. The van der Waals surface area contributed by atoms with Gasteiger partial charge in [-0.15, -0.1) is 11.3 Å². The van der Waals surface area contributed by atoms with Gasteiger partial charge in [0.2, 0.25) is 0 Å². The van der Waals surface area contributed by atoms with Crippen molar-refractivity contribution in [2.75, 3.05) is 25.5 Å². The van der Waals surface area contributed by atoms with Crippen LogP contribution in [0.2, 0.25) is 0 Å². The van der Waals surface area contributed by atoms with Crippen molar-refractivity contribution in [2.24, 2.45) is 11.8 Å². The molecule has 1 saturated heterocycles. The van der Waals surface area contributed by atoms with Gasteiger partial charge in [-0.3, -0.25) is 9.59 Å². The van der Waals surface area contributed by atoms with Crippen molar-refractivity contribution >= 4 is 28.8 Å². The van der Waals surface area contributed by atoms with Crippen molar-refractivity contribution in [1.82, 2.24) is 9.88 Å². The number of likely N-dealkylation sites (tertiary alicyclic amines) is 1. The highest BCUT2D eigenvalue weighted by atomic mass is 32.1. The standard InChI is InChI=1S/C26H29N3O3S/c1-16-11-17(2)14-29(13-16)26(31)20-6-5-18(3)22(12-20)27-24(30)23-15-33-25(28-23)19-7-9-21(32-4)10-8-19/h5-10,12,15-17H,11,13-14H2,1-4H3,(H,27,30). The molecule has 2 unspecified atom stereocenters. The summed E-state index contributed by atoms with van der Waals surface area (Å²) >= 11 is 1.41. The molecule has 1 fully saturated rings. The van der Waals surface area contributed by atoms with Gasteiger partial charge in [-0.05, 0) is 67.1 Å². The van der Waals surface area contributed by atoms with Gasteiger partial charge in [0.15, 0.2) is 0 Å². The first kappa shape index (κ1) is 23.0. The fourth-order valence-electron chi connectivity index (χ4n) is 4.33. The summed E-state index contributed by atoms with van der Waals surface area (Å²) in [5.74, 6) is 1.48. The van der Waals surface area contributed by atoms with Crippen LogP contribution in [0, 0.1) is 18.8 Å². The van der Waals surface area contributed by atoms with Crippen LogP contribution in [-0.4, -0.2) is 41.9 Å². The molecule has 7 heteroatoms. The number of benzene rings is 2. The van der Waals surface area contributed by atoms with Crippen LogP contribution in [-0.2, 0) is 0 Å². The van der Waals surface area contributed by atoms with Crippen molar-refractivity contribution in [3.8, 4) is 16.3 Å². The van der Waals surface area contributed by atoms with Gasteiger partial charge >= 0.3 is 0 Å². The monoisotopic (exact) mass is 463 g/mol. The van der Waals surface area contributed by atoms with Gasteiger partial charge in [0.1, 0.15) is 16.5 Å². The number of piperidine rings is 1. The van der Waals surface area contributed by atoms with Crippen molar-refractivity contribution in [3.63, 3.8) is 0 Å². The Morgan fingerprint density at radius 2 is 1.79 bits per heavy atom. The fraction of sp³-hybridized carbons (Fsp3) is 0.346. The number of ether oxygens (including phenoxy) is 1. The second-order valence-corrected chi connectivity index (χ2v) is 9.76. The summed E-state index contributed by atoms with van der Waals surface area (Å²) in [7, 11) is 1.62. The van der Waals surface area contributed by atoms with E-state index in [1.54, 1.807) is 18.6 Å². The van der Waals surface area contributed by atoms with Crippen molar-refractivity contribution in [1.29, 1.82) is 0 Å². The Hall–Kier alpha value is -3.19. The first-order valence-corrected chi connectivity index (χ1v) is 12.0. The number of nitrogens with one attached hydrogen (secondary N) is 1. The molecule has 0 bridgehead atoms. The van der Waals surface area contributed by atoms with E-state index in [2.05, 4.69) is 24.1 Å².